The number of nitro groups is 1. The smallest absolute Gasteiger partial charge is 0.243 e. The number of allylic oxidation sites excluding steroid dienone is 1. The third-order valence-electron chi connectivity index (χ3n) is 1.93. The van der Waals surface area contributed by atoms with Crippen molar-refractivity contribution in [2.45, 2.75) is 6.92 Å². The largest absolute Gasteiger partial charge is 0.454 e. The molecule has 15 heavy (non-hydrogen) atoms. The van der Waals surface area contributed by atoms with E-state index in [9.17, 15) is 10.1 Å². The van der Waals surface area contributed by atoms with E-state index in [4.69, 9.17) is 12.2 Å². The van der Waals surface area contributed by atoms with E-state index in [2.05, 4.69) is 0 Å². The van der Waals surface area contributed by atoms with Crippen molar-refractivity contribution >= 4 is 6.08 Å². The summed E-state index contributed by atoms with van der Waals surface area (Å²) in [6.07, 6.45) is 1.37. The molecule has 1 heterocycles. The zero-order valence-corrected chi connectivity index (χ0v) is 7.89. The molecule has 0 spiro atoms. The molecular weight excluding hydrogens is 198 g/mol. The van der Waals surface area contributed by atoms with Crippen molar-refractivity contribution in [2.24, 2.45) is 0 Å². The van der Waals surface area contributed by atoms with Gasteiger partial charge in [0.25, 0.3) is 0 Å². The first-order valence-corrected chi connectivity index (χ1v) is 4.22. The van der Waals surface area contributed by atoms with Gasteiger partial charge in [-0.2, -0.15) is 0 Å². The molecule has 0 unspecified atom stereocenters. The van der Waals surface area contributed by atoms with Gasteiger partial charge >= 0.3 is 0 Å². The van der Waals surface area contributed by atoms with Crippen LogP contribution in [0.4, 0.5) is 0 Å². The van der Waals surface area contributed by atoms with Crippen LogP contribution in [0.2, 0.25) is 0 Å². The van der Waals surface area contributed by atoms with Gasteiger partial charge in [-0.05, 0) is 17.7 Å². The van der Waals surface area contributed by atoms with Crippen LogP contribution in [-0.2, 0) is 0 Å². The summed E-state index contributed by atoms with van der Waals surface area (Å²) in [5, 5.41) is 10.5. The average molecular weight is 209 g/mol. The number of rotatable bonds is 2. The van der Waals surface area contributed by atoms with Crippen molar-refractivity contribution in [3.05, 3.63) is 39.6 Å². The lowest BCUT2D eigenvalue weighted by molar-refractivity contribution is -0.422. The molecule has 78 valence electrons. The van der Waals surface area contributed by atoms with Crippen LogP contribution in [0.5, 0.6) is 11.5 Å². The quantitative estimate of drug-likeness (QED) is 0.552. The van der Waals surface area contributed by atoms with E-state index in [1.54, 1.807) is 6.07 Å². The lowest BCUT2D eigenvalue weighted by Crippen LogP contribution is -1.93. The van der Waals surface area contributed by atoms with E-state index in [-0.39, 0.29) is 17.2 Å². The molecule has 0 radical (unpaired) electrons. The number of fused-ring (bicyclic) bond motifs is 1. The topological polar surface area (TPSA) is 61.6 Å². The monoisotopic (exact) mass is 209 g/mol. The first-order chi connectivity index (χ1) is 7.87. The van der Waals surface area contributed by atoms with Gasteiger partial charge < -0.3 is 9.47 Å². The maximum absolute atomic E-state index is 10.5. The summed E-state index contributed by atoms with van der Waals surface area (Å²) in [6.45, 7) is -0.799. The molecule has 0 atom stereocenters. The summed E-state index contributed by atoms with van der Waals surface area (Å²) in [5.74, 6) is 0.519. The molecule has 0 saturated heterocycles. The summed E-state index contributed by atoms with van der Waals surface area (Å²) in [6, 6.07) is 4.60. The number of nitrogens with zero attached hydrogens (tertiary/aromatic N) is 1. The lowest BCUT2D eigenvalue weighted by Gasteiger charge is -1.97. The summed E-state index contributed by atoms with van der Waals surface area (Å²) in [4.78, 5) is 9.97. The highest BCUT2D eigenvalue weighted by Gasteiger charge is 2.13. The van der Waals surface area contributed by atoms with Crippen LogP contribution in [0.25, 0.3) is 6.08 Å². The fraction of sp³-hybridized carbons (Fsp3) is 0.200. The summed E-state index contributed by atoms with van der Waals surface area (Å²) < 4.78 is 24.2. The van der Waals surface area contributed by atoms with Gasteiger partial charge in [-0.1, -0.05) is 6.07 Å². The van der Waals surface area contributed by atoms with Crippen LogP contribution in [0.15, 0.2) is 23.9 Å². The van der Waals surface area contributed by atoms with Crippen molar-refractivity contribution < 1.29 is 17.1 Å². The van der Waals surface area contributed by atoms with E-state index in [0.29, 0.717) is 5.56 Å². The molecule has 1 aliphatic rings. The second-order valence-corrected chi connectivity index (χ2v) is 3.04. The van der Waals surface area contributed by atoms with E-state index in [1.165, 1.54) is 25.1 Å². The fourth-order valence-corrected chi connectivity index (χ4v) is 1.18. The van der Waals surface area contributed by atoms with E-state index >= 15 is 0 Å². The molecule has 5 nitrogen and oxygen atoms in total. The van der Waals surface area contributed by atoms with Crippen LogP contribution in [-0.4, -0.2) is 11.7 Å². The van der Waals surface area contributed by atoms with Crippen LogP contribution in [0.3, 0.4) is 0 Å². The van der Waals surface area contributed by atoms with E-state index in [0.717, 1.165) is 0 Å². The molecule has 5 heteroatoms. The fourth-order valence-electron chi connectivity index (χ4n) is 1.18. The number of hydrogen-bond acceptors (Lipinski definition) is 4. The Morgan fingerprint density at radius 1 is 1.60 bits per heavy atom. The molecule has 0 N–H and O–H groups in total. The lowest BCUT2D eigenvalue weighted by atomic mass is 10.2. The molecule has 0 fully saturated rings. The van der Waals surface area contributed by atoms with Gasteiger partial charge in [-0.15, -0.1) is 0 Å². The molecule has 1 aliphatic heterocycles. The Balaban J connectivity index is 2.31. The van der Waals surface area contributed by atoms with Crippen molar-refractivity contribution in [1.29, 1.82) is 0 Å². The van der Waals surface area contributed by atoms with Crippen molar-refractivity contribution in [3.63, 3.8) is 0 Å². The Hall–Kier alpha value is -2.04. The van der Waals surface area contributed by atoms with Crippen molar-refractivity contribution in [1.82, 2.24) is 0 Å². The van der Waals surface area contributed by atoms with Crippen molar-refractivity contribution in [3.8, 4) is 11.5 Å². The minimum atomic E-state index is -2.18. The minimum Gasteiger partial charge on any atom is -0.454 e. The maximum atomic E-state index is 10.5. The van der Waals surface area contributed by atoms with Gasteiger partial charge in [0.05, 0.1) is 4.92 Å². The number of hydrogen-bond donors (Lipinski definition) is 0. The summed E-state index contributed by atoms with van der Waals surface area (Å²) in [7, 11) is 0. The molecule has 0 bridgehead atoms. The molecule has 0 aliphatic carbocycles. The van der Waals surface area contributed by atoms with Crippen LogP contribution < -0.4 is 9.47 Å². The number of ether oxygens (including phenoxy) is 2. The molecule has 0 amide bonds. The Kier molecular flexibility index (Phi) is 1.75. The normalized spacial score (nSPS) is 19.4. The molecule has 0 saturated carbocycles. The Morgan fingerprint density at radius 3 is 3.07 bits per heavy atom. The third kappa shape index (κ3) is 1.90. The Morgan fingerprint density at radius 2 is 2.33 bits per heavy atom. The van der Waals surface area contributed by atoms with Crippen LogP contribution >= 0.6 is 0 Å². The predicted octanol–water partition coefficient (Wildman–Crippen LogP) is 2.05. The molecule has 0 aromatic heterocycles. The van der Waals surface area contributed by atoms with Gasteiger partial charge in [0.1, 0.15) is 2.74 Å². The first kappa shape index (κ1) is 7.28. The SMILES string of the molecule is [2H]C1([2H])Oc2ccc(/C=C(\C)[N+](=O)[O-])cc2O1. The predicted molar refractivity (Wildman–Crippen MR) is 53.2 cm³/mol. The number of benzene rings is 1. The standard InChI is InChI=1S/C10H9NO4/c1-7(11(12)13)4-8-2-3-9-10(5-8)15-6-14-9/h2-5H,6H2,1H3/b7-4+/i6D2. The maximum Gasteiger partial charge on any atom is 0.243 e. The van der Waals surface area contributed by atoms with Gasteiger partial charge in [0.15, 0.2) is 11.5 Å². The highest BCUT2D eigenvalue weighted by molar-refractivity contribution is 5.57. The Bertz CT molecular complexity index is 513. The Labute approximate surface area is 88.9 Å². The first-order valence-electron chi connectivity index (χ1n) is 5.22. The third-order valence-corrected chi connectivity index (χ3v) is 1.93. The highest BCUT2D eigenvalue weighted by Crippen LogP contribution is 2.32. The summed E-state index contributed by atoms with van der Waals surface area (Å²) >= 11 is 0. The van der Waals surface area contributed by atoms with Gasteiger partial charge in [0.2, 0.25) is 12.4 Å². The minimum absolute atomic E-state index is 0.00752. The van der Waals surface area contributed by atoms with Crippen LogP contribution in [0.1, 0.15) is 15.2 Å². The van der Waals surface area contributed by atoms with Crippen molar-refractivity contribution in [2.75, 3.05) is 6.75 Å². The average Bonchev–Trinajstić information content (AvgIpc) is 2.50. The molecule has 1 aromatic carbocycles. The second kappa shape index (κ2) is 3.61. The zero-order valence-electron chi connectivity index (χ0n) is 9.89. The summed E-state index contributed by atoms with van der Waals surface area (Å²) in [5.41, 5.74) is 0.547. The molecule has 2 rings (SSSR count). The highest BCUT2D eigenvalue weighted by atomic mass is 16.7. The van der Waals surface area contributed by atoms with Gasteiger partial charge in [-0.25, -0.2) is 0 Å². The molecular formula is C10H9NO4. The van der Waals surface area contributed by atoms with E-state index < -0.39 is 11.7 Å². The van der Waals surface area contributed by atoms with Crippen LogP contribution in [0, 0.1) is 10.1 Å². The van der Waals surface area contributed by atoms with E-state index in [1.807, 2.05) is 0 Å². The van der Waals surface area contributed by atoms with Gasteiger partial charge in [-0.3, -0.25) is 10.1 Å². The van der Waals surface area contributed by atoms with Gasteiger partial charge in [0, 0.05) is 13.0 Å². The zero-order chi connectivity index (χ0) is 12.6. The second-order valence-electron chi connectivity index (χ2n) is 3.04. The molecule has 1 aromatic rings.